The van der Waals surface area contributed by atoms with Gasteiger partial charge in [-0.3, -0.25) is 0 Å². The van der Waals surface area contributed by atoms with E-state index in [1.807, 2.05) is 0 Å². The van der Waals surface area contributed by atoms with Crippen LogP contribution in [0.3, 0.4) is 0 Å². The normalized spacial score (nSPS) is 29.8. The minimum Gasteiger partial charge on any atom is -0.479 e. The number of aliphatic carboxylic acids is 1. The molecule has 1 heterocycles. The Kier molecular flexibility index (Phi) is 2.08. The van der Waals surface area contributed by atoms with Gasteiger partial charge in [-0.1, -0.05) is 0 Å². The number of carbonyl (C=O) groups is 1. The van der Waals surface area contributed by atoms with Crippen molar-refractivity contribution in [2.45, 2.75) is 24.9 Å². The predicted molar refractivity (Wildman–Crippen MR) is 31.6 cm³/mol. The molecule has 0 aromatic rings. The zero-order chi connectivity index (χ0) is 8.48. The van der Waals surface area contributed by atoms with Gasteiger partial charge in [0, 0.05) is 6.42 Å². The molecule has 0 bridgehead atoms. The Balaban J connectivity index is 2.42. The van der Waals surface area contributed by atoms with E-state index in [1.165, 1.54) is 0 Å². The van der Waals surface area contributed by atoms with Crippen LogP contribution in [-0.4, -0.2) is 29.7 Å². The maximum atomic E-state index is 12.3. The molecule has 5 heteroatoms. The molecule has 1 N–H and O–H groups in total. The molecular weight excluding hydrogens is 158 g/mol. The minimum absolute atomic E-state index is 0.109. The number of carboxylic acids is 1. The highest BCUT2D eigenvalue weighted by Gasteiger charge is 2.38. The van der Waals surface area contributed by atoms with Crippen LogP contribution in [-0.2, 0) is 9.53 Å². The van der Waals surface area contributed by atoms with Gasteiger partial charge in [0.25, 0.3) is 5.92 Å². The average molecular weight is 166 g/mol. The number of hydrogen-bond acceptors (Lipinski definition) is 2. The van der Waals surface area contributed by atoms with Crippen LogP contribution < -0.4 is 0 Å². The quantitative estimate of drug-likeness (QED) is 0.629. The van der Waals surface area contributed by atoms with Crippen molar-refractivity contribution < 1.29 is 23.4 Å². The van der Waals surface area contributed by atoms with Crippen molar-refractivity contribution >= 4 is 5.97 Å². The molecule has 0 aliphatic carbocycles. The molecular formula is C6H8F2O3. The molecule has 1 fully saturated rings. The molecule has 0 aromatic heterocycles. The molecule has 11 heavy (non-hydrogen) atoms. The Morgan fingerprint density at radius 2 is 2.27 bits per heavy atom. The van der Waals surface area contributed by atoms with Crippen LogP contribution in [0, 0.1) is 0 Å². The maximum absolute atomic E-state index is 12.3. The van der Waals surface area contributed by atoms with Gasteiger partial charge in [0.15, 0.2) is 6.10 Å². The molecule has 1 rings (SSSR count). The molecule has 0 spiro atoms. The van der Waals surface area contributed by atoms with Gasteiger partial charge in [0.1, 0.15) is 6.61 Å². The second-order valence-electron chi connectivity index (χ2n) is 2.53. The fourth-order valence-electron chi connectivity index (χ4n) is 0.915. The van der Waals surface area contributed by atoms with Crippen molar-refractivity contribution in [2.24, 2.45) is 0 Å². The van der Waals surface area contributed by atoms with E-state index in [9.17, 15) is 13.6 Å². The van der Waals surface area contributed by atoms with E-state index >= 15 is 0 Å². The smallest absolute Gasteiger partial charge is 0.332 e. The Hall–Kier alpha value is -0.710. The summed E-state index contributed by atoms with van der Waals surface area (Å²) in [5, 5.41) is 8.34. The molecule has 1 unspecified atom stereocenters. The molecule has 3 nitrogen and oxygen atoms in total. The van der Waals surface area contributed by atoms with Crippen molar-refractivity contribution in [3.8, 4) is 0 Å². The summed E-state index contributed by atoms with van der Waals surface area (Å²) < 4.78 is 29.1. The lowest BCUT2D eigenvalue weighted by Gasteiger charge is -2.25. The first kappa shape index (κ1) is 8.39. The molecule has 0 aromatic carbocycles. The van der Waals surface area contributed by atoms with Crippen molar-refractivity contribution in [3.63, 3.8) is 0 Å². The summed E-state index contributed by atoms with van der Waals surface area (Å²) in [6.45, 7) is -0.774. The van der Waals surface area contributed by atoms with Crippen LogP contribution in [0.2, 0.25) is 0 Å². The maximum Gasteiger partial charge on any atom is 0.332 e. The average Bonchev–Trinajstić information content (AvgIpc) is 1.86. The Bertz CT molecular complexity index is 159. The van der Waals surface area contributed by atoms with Crippen LogP contribution >= 0.6 is 0 Å². The van der Waals surface area contributed by atoms with E-state index in [0.717, 1.165) is 0 Å². The van der Waals surface area contributed by atoms with Crippen molar-refractivity contribution in [1.29, 1.82) is 0 Å². The summed E-state index contributed by atoms with van der Waals surface area (Å²) in [5.41, 5.74) is 0. The summed E-state index contributed by atoms with van der Waals surface area (Å²) >= 11 is 0. The van der Waals surface area contributed by atoms with E-state index in [2.05, 4.69) is 4.74 Å². The summed E-state index contributed by atoms with van der Waals surface area (Å²) in [6.07, 6.45) is -1.55. The van der Waals surface area contributed by atoms with Gasteiger partial charge in [-0.2, -0.15) is 0 Å². The highest BCUT2D eigenvalue weighted by Crippen LogP contribution is 2.27. The predicted octanol–water partition coefficient (Wildman–Crippen LogP) is 0.885. The van der Waals surface area contributed by atoms with E-state index in [-0.39, 0.29) is 6.42 Å². The fourth-order valence-corrected chi connectivity index (χ4v) is 0.915. The number of rotatable bonds is 1. The largest absolute Gasteiger partial charge is 0.479 e. The van der Waals surface area contributed by atoms with Gasteiger partial charge in [-0.05, 0) is 6.42 Å². The monoisotopic (exact) mass is 166 g/mol. The third-order valence-corrected chi connectivity index (χ3v) is 1.54. The number of hydrogen-bond donors (Lipinski definition) is 1. The summed E-state index contributed by atoms with van der Waals surface area (Å²) in [6, 6.07) is 0. The van der Waals surface area contributed by atoms with E-state index < -0.39 is 31.0 Å². The van der Waals surface area contributed by atoms with Crippen molar-refractivity contribution in [3.05, 3.63) is 0 Å². The molecule has 0 radical (unpaired) electrons. The van der Waals surface area contributed by atoms with E-state index in [0.29, 0.717) is 0 Å². The van der Waals surface area contributed by atoms with Crippen LogP contribution in [0.4, 0.5) is 8.78 Å². The van der Waals surface area contributed by atoms with Crippen LogP contribution in [0.1, 0.15) is 12.8 Å². The second kappa shape index (κ2) is 2.73. The standard InChI is InChI=1S/C6H8F2O3/c7-6(8)2-1-4(5(9)10)11-3-6/h4H,1-3H2,(H,9,10). The molecule has 0 saturated carbocycles. The minimum atomic E-state index is -2.84. The van der Waals surface area contributed by atoms with Crippen LogP contribution in [0.15, 0.2) is 0 Å². The highest BCUT2D eigenvalue weighted by molar-refractivity contribution is 5.72. The van der Waals surface area contributed by atoms with Gasteiger partial charge < -0.3 is 9.84 Å². The third kappa shape index (κ3) is 2.11. The summed E-state index contributed by atoms with van der Waals surface area (Å²) in [4.78, 5) is 10.2. The Labute approximate surface area is 62.0 Å². The fraction of sp³-hybridized carbons (Fsp3) is 0.833. The number of alkyl halides is 2. The SMILES string of the molecule is O=C(O)C1CCC(F)(F)CO1. The molecule has 1 aliphatic rings. The zero-order valence-corrected chi connectivity index (χ0v) is 5.72. The lowest BCUT2D eigenvalue weighted by Crippen LogP contribution is -2.38. The topological polar surface area (TPSA) is 46.5 Å². The molecule has 1 saturated heterocycles. The first-order valence-electron chi connectivity index (χ1n) is 3.23. The van der Waals surface area contributed by atoms with Crippen LogP contribution in [0.5, 0.6) is 0 Å². The highest BCUT2D eigenvalue weighted by atomic mass is 19.3. The van der Waals surface area contributed by atoms with Gasteiger partial charge in [-0.15, -0.1) is 0 Å². The van der Waals surface area contributed by atoms with Crippen molar-refractivity contribution in [1.82, 2.24) is 0 Å². The summed E-state index contributed by atoms with van der Waals surface area (Å²) in [7, 11) is 0. The van der Waals surface area contributed by atoms with Crippen molar-refractivity contribution in [2.75, 3.05) is 6.61 Å². The van der Waals surface area contributed by atoms with E-state index in [4.69, 9.17) is 5.11 Å². The molecule has 0 amide bonds. The lowest BCUT2D eigenvalue weighted by molar-refractivity contribution is -0.175. The van der Waals surface area contributed by atoms with Gasteiger partial charge in [-0.25, -0.2) is 13.6 Å². The molecule has 64 valence electrons. The van der Waals surface area contributed by atoms with Gasteiger partial charge in [0.05, 0.1) is 0 Å². The molecule has 1 aliphatic heterocycles. The van der Waals surface area contributed by atoms with Gasteiger partial charge in [0.2, 0.25) is 0 Å². The lowest BCUT2D eigenvalue weighted by atomic mass is 10.1. The third-order valence-electron chi connectivity index (χ3n) is 1.54. The molecule has 1 atom stereocenters. The summed E-state index contributed by atoms with van der Waals surface area (Å²) in [5.74, 6) is -4.01. The number of halogens is 2. The Morgan fingerprint density at radius 1 is 1.64 bits per heavy atom. The number of ether oxygens (including phenoxy) is 1. The zero-order valence-electron chi connectivity index (χ0n) is 5.72. The number of carboxylic acid groups (broad SMARTS) is 1. The Morgan fingerprint density at radius 3 is 2.64 bits per heavy atom. The first-order valence-corrected chi connectivity index (χ1v) is 3.23. The van der Waals surface area contributed by atoms with Gasteiger partial charge >= 0.3 is 5.97 Å². The van der Waals surface area contributed by atoms with Crippen LogP contribution in [0.25, 0.3) is 0 Å². The second-order valence-corrected chi connectivity index (χ2v) is 2.53. The first-order chi connectivity index (χ1) is 5.01. The van der Waals surface area contributed by atoms with E-state index in [1.54, 1.807) is 0 Å².